The van der Waals surface area contributed by atoms with Crippen LogP contribution in [0.4, 0.5) is 0 Å². The number of ether oxygens (including phenoxy) is 1. The summed E-state index contributed by atoms with van der Waals surface area (Å²) in [6, 6.07) is 8.07. The van der Waals surface area contributed by atoms with Crippen LogP contribution in [-0.2, 0) is 16.0 Å². The number of carboxylic acid groups (broad SMARTS) is 1. The first-order chi connectivity index (χ1) is 9.53. The van der Waals surface area contributed by atoms with E-state index in [0.717, 1.165) is 11.1 Å². The minimum absolute atomic E-state index is 0.0150. The lowest BCUT2D eigenvalue weighted by Gasteiger charge is -2.41. The molecule has 0 radical (unpaired) electrons. The second-order valence-electron chi connectivity index (χ2n) is 5.46. The van der Waals surface area contributed by atoms with E-state index >= 15 is 0 Å². The summed E-state index contributed by atoms with van der Waals surface area (Å²) in [7, 11) is 0. The van der Waals surface area contributed by atoms with Crippen LogP contribution >= 0.6 is 0 Å². The Bertz CT molecular complexity index is 477. The summed E-state index contributed by atoms with van der Waals surface area (Å²) in [4.78, 5) is 12.6. The van der Waals surface area contributed by atoms with Crippen molar-refractivity contribution in [2.45, 2.75) is 18.9 Å². The van der Waals surface area contributed by atoms with Crippen LogP contribution in [0, 0.1) is 6.92 Å². The van der Waals surface area contributed by atoms with Crippen LogP contribution < -0.4 is 0 Å². The summed E-state index contributed by atoms with van der Waals surface area (Å²) in [5, 5.41) is 18.6. The molecule has 5 heteroatoms. The Labute approximate surface area is 118 Å². The van der Waals surface area contributed by atoms with E-state index in [1.165, 1.54) is 0 Å². The van der Waals surface area contributed by atoms with Gasteiger partial charge in [-0.3, -0.25) is 9.69 Å². The number of nitrogens with zero attached hydrogens (tertiary/aromatic N) is 1. The van der Waals surface area contributed by atoms with Gasteiger partial charge in [0, 0.05) is 19.5 Å². The van der Waals surface area contributed by atoms with E-state index in [0.29, 0.717) is 26.1 Å². The van der Waals surface area contributed by atoms with Crippen molar-refractivity contribution in [1.82, 2.24) is 4.90 Å². The molecule has 1 fully saturated rings. The Hall–Kier alpha value is -1.43. The number of morpholine rings is 1. The third-order valence-electron chi connectivity index (χ3n) is 3.58. The molecule has 5 nitrogen and oxygen atoms in total. The SMILES string of the molecule is Cc1cccc(C[C@]2(CO)CN(CC(=O)O)CCO2)c1. The summed E-state index contributed by atoms with van der Waals surface area (Å²) in [5.74, 6) is -0.853. The molecule has 0 aromatic heterocycles. The number of hydrogen-bond donors (Lipinski definition) is 2. The van der Waals surface area contributed by atoms with E-state index < -0.39 is 11.6 Å². The van der Waals surface area contributed by atoms with Gasteiger partial charge in [0.15, 0.2) is 0 Å². The average Bonchev–Trinajstić information content (AvgIpc) is 2.38. The molecule has 1 aromatic rings. The normalized spacial score (nSPS) is 23.7. The molecule has 1 atom stereocenters. The van der Waals surface area contributed by atoms with E-state index in [9.17, 15) is 9.90 Å². The predicted molar refractivity (Wildman–Crippen MR) is 74.7 cm³/mol. The van der Waals surface area contributed by atoms with Gasteiger partial charge in [-0.15, -0.1) is 0 Å². The standard InChI is InChI=1S/C15H21NO4/c1-12-3-2-4-13(7-12)8-15(11-17)10-16(5-6-20-15)9-14(18)19/h2-4,7,17H,5-6,8-11H2,1H3,(H,18,19)/t15-/m1/s1. The van der Waals surface area contributed by atoms with Gasteiger partial charge >= 0.3 is 5.97 Å². The van der Waals surface area contributed by atoms with Crippen LogP contribution in [0.5, 0.6) is 0 Å². The molecule has 1 aromatic carbocycles. The number of aliphatic carboxylic acids is 1. The second-order valence-corrected chi connectivity index (χ2v) is 5.46. The fourth-order valence-electron chi connectivity index (χ4n) is 2.70. The van der Waals surface area contributed by atoms with E-state index in [2.05, 4.69) is 6.07 Å². The van der Waals surface area contributed by atoms with Gasteiger partial charge in [0.1, 0.15) is 5.60 Å². The van der Waals surface area contributed by atoms with Gasteiger partial charge < -0.3 is 14.9 Å². The summed E-state index contributed by atoms with van der Waals surface area (Å²) < 4.78 is 5.79. The zero-order valence-electron chi connectivity index (χ0n) is 11.7. The number of rotatable bonds is 5. The summed E-state index contributed by atoms with van der Waals surface area (Å²) in [6.45, 7) is 3.36. The van der Waals surface area contributed by atoms with Crippen molar-refractivity contribution >= 4 is 5.97 Å². The Morgan fingerprint density at radius 3 is 2.95 bits per heavy atom. The monoisotopic (exact) mass is 279 g/mol. The Morgan fingerprint density at radius 2 is 2.30 bits per heavy atom. The first-order valence-corrected chi connectivity index (χ1v) is 6.77. The lowest BCUT2D eigenvalue weighted by molar-refractivity contribution is -0.150. The number of carboxylic acids is 1. The van der Waals surface area contributed by atoms with Crippen LogP contribution in [0.2, 0.25) is 0 Å². The fourth-order valence-corrected chi connectivity index (χ4v) is 2.70. The van der Waals surface area contributed by atoms with Crippen molar-refractivity contribution in [3.05, 3.63) is 35.4 Å². The third-order valence-corrected chi connectivity index (χ3v) is 3.58. The quantitative estimate of drug-likeness (QED) is 0.829. The van der Waals surface area contributed by atoms with E-state index in [1.807, 2.05) is 30.0 Å². The number of benzene rings is 1. The second kappa shape index (κ2) is 6.35. The molecule has 110 valence electrons. The zero-order valence-corrected chi connectivity index (χ0v) is 11.7. The van der Waals surface area contributed by atoms with E-state index in [4.69, 9.17) is 9.84 Å². The first kappa shape index (κ1) is 15.0. The van der Waals surface area contributed by atoms with Crippen molar-refractivity contribution in [3.63, 3.8) is 0 Å². The van der Waals surface area contributed by atoms with E-state index in [1.54, 1.807) is 0 Å². The fraction of sp³-hybridized carbons (Fsp3) is 0.533. The lowest BCUT2D eigenvalue weighted by Crippen LogP contribution is -2.56. The largest absolute Gasteiger partial charge is 0.480 e. The molecular weight excluding hydrogens is 258 g/mol. The van der Waals surface area contributed by atoms with Gasteiger partial charge in [-0.2, -0.15) is 0 Å². The highest BCUT2D eigenvalue weighted by Crippen LogP contribution is 2.23. The van der Waals surface area contributed by atoms with Crippen molar-refractivity contribution in [3.8, 4) is 0 Å². The highest BCUT2D eigenvalue weighted by Gasteiger charge is 2.36. The minimum atomic E-state index is -0.853. The van der Waals surface area contributed by atoms with Gasteiger partial charge in [0.2, 0.25) is 0 Å². The van der Waals surface area contributed by atoms with Crippen LogP contribution in [-0.4, -0.2) is 59.5 Å². The molecular formula is C15H21NO4. The maximum Gasteiger partial charge on any atom is 0.317 e. The molecule has 0 spiro atoms. The molecule has 1 saturated heterocycles. The van der Waals surface area contributed by atoms with E-state index in [-0.39, 0.29) is 13.2 Å². The molecule has 0 amide bonds. The Balaban J connectivity index is 2.10. The maximum atomic E-state index is 10.8. The molecule has 2 N–H and O–H groups in total. The number of aliphatic hydroxyl groups is 1. The van der Waals surface area contributed by atoms with Crippen LogP contribution in [0.15, 0.2) is 24.3 Å². The van der Waals surface area contributed by atoms with Gasteiger partial charge in [0.05, 0.1) is 19.8 Å². The van der Waals surface area contributed by atoms with Crippen LogP contribution in [0.3, 0.4) is 0 Å². The molecule has 0 saturated carbocycles. The van der Waals surface area contributed by atoms with Crippen LogP contribution in [0.1, 0.15) is 11.1 Å². The predicted octanol–water partition coefficient (Wildman–Crippen LogP) is 0.685. The molecule has 1 heterocycles. The third kappa shape index (κ3) is 3.79. The molecule has 0 aliphatic carbocycles. The summed E-state index contributed by atoms with van der Waals surface area (Å²) in [5.41, 5.74) is 1.55. The smallest absolute Gasteiger partial charge is 0.317 e. The summed E-state index contributed by atoms with van der Waals surface area (Å²) in [6.07, 6.45) is 0.585. The highest BCUT2D eigenvalue weighted by atomic mass is 16.5. The number of hydrogen-bond acceptors (Lipinski definition) is 4. The lowest BCUT2D eigenvalue weighted by atomic mass is 9.92. The number of carbonyl (C=O) groups is 1. The molecule has 1 aliphatic heterocycles. The Kier molecular flexibility index (Phi) is 4.75. The highest BCUT2D eigenvalue weighted by molar-refractivity contribution is 5.69. The van der Waals surface area contributed by atoms with Crippen molar-refractivity contribution in [2.24, 2.45) is 0 Å². The molecule has 1 aliphatic rings. The number of aliphatic hydroxyl groups excluding tert-OH is 1. The van der Waals surface area contributed by atoms with Crippen LogP contribution in [0.25, 0.3) is 0 Å². The van der Waals surface area contributed by atoms with Gasteiger partial charge in [-0.1, -0.05) is 29.8 Å². The van der Waals surface area contributed by atoms with Gasteiger partial charge in [-0.05, 0) is 12.5 Å². The molecule has 0 bridgehead atoms. The minimum Gasteiger partial charge on any atom is -0.480 e. The number of aryl methyl sites for hydroxylation is 1. The van der Waals surface area contributed by atoms with Crippen molar-refractivity contribution in [2.75, 3.05) is 32.8 Å². The topological polar surface area (TPSA) is 70.0 Å². The van der Waals surface area contributed by atoms with Crippen molar-refractivity contribution in [1.29, 1.82) is 0 Å². The summed E-state index contributed by atoms with van der Waals surface area (Å²) >= 11 is 0. The van der Waals surface area contributed by atoms with Gasteiger partial charge in [-0.25, -0.2) is 0 Å². The zero-order chi connectivity index (χ0) is 14.6. The molecule has 20 heavy (non-hydrogen) atoms. The first-order valence-electron chi connectivity index (χ1n) is 6.77. The Morgan fingerprint density at radius 1 is 1.50 bits per heavy atom. The van der Waals surface area contributed by atoms with Crippen molar-refractivity contribution < 1.29 is 19.7 Å². The molecule has 2 rings (SSSR count). The average molecular weight is 279 g/mol. The van der Waals surface area contributed by atoms with Gasteiger partial charge in [0.25, 0.3) is 0 Å². The molecule has 0 unspecified atom stereocenters. The maximum absolute atomic E-state index is 10.8.